The van der Waals surface area contributed by atoms with Crippen LogP contribution >= 0.6 is 0 Å². The van der Waals surface area contributed by atoms with E-state index in [0.717, 1.165) is 73.8 Å². The summed E-state index contributed by atoms with van der Waals surface area (Å²) in [7, 11) is 0. The molecule has 2 atom stereocenters. The monoisotopic (exact) mass is 715 g/mol. The summed E-state index contributed by atoms with van der Waals surface area (Å²) in [5, 5.41) is 6.65. The number of carbonyl (C=O) groups is 5. The third-order valence-corrected chi connectivity index (χ3v) is 11.0. The normalized spacial score (nSPS) is 21.0. The number of fused-ring (bicyclic) bond motifs is 1. The Hall–Kier alpha value is -5.76. The van der Waals surface area contributed by atoms with Crippen molar-refractivity contribution >= 4 is 35.2 Å². The predicted octanol–water partition coefficient (Wildman–Crippen LogP) is 2.77. The fraction of sp³-hybridized carbons (Fsp3) is 0.385. The SMILES string of the molecule is Cc1ccn(-c2cnc(C(N)=O)c(Cc3ccc(C4CCN(C[C@H]5CCN(c6ccc7c(c6)C(=O)N(C6CCC(=O)NC6=O)C7=O)C5)CC4)cc3)n2)n1. The number of anilines is 1. The Morgan fingerprint density at radius 2 is 1.70 bits per heavy atom. The lowest BCUT2D eigenvalue weighted by Crippen LogP contribution is -2.54. The molecule has 272 valence electrons. The lowest BCUT2D eigenvalue weighted by Gasteiger charge is -2.34. The summed E-state index contributed by atoms with van der Waals surface area (Å²) in [6.07, 6.45) is 7.17. The first-order valence-electron chi connectivity index (χ1n) is 18.2. The molecule has 14 heteroatoms. The van der Waals surface area contributed by atoms with Crippen molar-refractivity contribution in [3.63, 3.8) is 0 Å². The quantitative estimate of drug-likeness (QED) is 0.245. The summed E-state index contributed by atoms with van der Waals surface area (Å²) in [6.45, 7) is 6.68. The molecule has 14 nitrogen and oxygen atoms in total. The highest BCUT2D eigenvalue weighted by molar-refractivity contribution is 6.23. The number of primary amides is 1. The van der Waals surface area contributed by atoms with Crippen molar-refractivity contribution in [2.24, 2.45) is 11.7 Å². The molecule has 5 amide bonds. The maximum atomic E-state index is 13.3. The highest BCUT2D eigenvalue weighted by Gasteiger charge is 2.45. The van der Waals surface area contributed by atoms with Gasteiger partial charge in [0.2, 0.25) is 11.8 Å². The molecular weight excluding hydrogens is 674 g/mol. The summed E-state index contributed by atoms with van der Waals surface area (Å²) in [5.74, 6) is -1.08. The third-order valence-electron chi connectivity index (χ3n) is 11.0. The molecule has 8 rings (SSSR count). The summed E-state index contributed by atoms with van der Waals surface area (Å²) in [6, 6.07) is 14.8. The Bertz CT molecular complexity index is 2120. The number of amides is 5. The highest BCUT2D eigenvalue weighted by atomic mass is 16.2. The molecule has 3 N–H and O–H groups in total. The van der Waals surface area contributed by atoms with Crippen LogP contribution in [0.25, 0.3) is 5.82 Å². The van der Waals surface area contributed by atoms with Crippen LogP contribution in [0.4, 0.5) is 5.69 Å². The number of hydrogen-bond acceptors (Lipinski definition) is 10. The predicted molar refractivity (Wildman–Crippen MR) is 194 cm³/mol. The molecule has 2 aromatic carbocycles. The van der Waals surface area contributed by atoms with Gasteiger partial charge in [-0.05, 0) is 92.9 Å². The van der Waals surface area contributed by atoms with E-state index in [9.17, 15) is 24.0 Å². The highest BCUT2D eigenvalue weighted by Crippen LogP contribution is 2.34. The summed E-state index contributed by atoms with van der Waals surface area (Å²) in [5.41, 5.74) is 11.0. The number of imide groups is 2. The Labute approximate surface area is 306 Å². The molecule has 4 aromatic rings. The second-order valence-electron chi connectivity index (χ2n) is 14.6. The van der Waals surface area contributed by atoms with Gasteiger partial charge in [-0.25, -0.2) is 14.6 Å². The first-order chi connectivity index (χ1) is 25.6. The van der Waals surface area contributed by atoms with Crippen LogP contribution in [0, 0.1) is 12.8 Å². The van der Waals surface area contributed by atoms with Crippen molar-refractivity contribution in [3.8, 4) is 5.82 Å². The first kappa shape index (κ1) is 34.3. The van der Waals surface area contributed by atoms with Gasteiger partial charge in [0.25, 0.3) is 17.7 Å². The minimum Gasteiger partial charge on any atom is -0.371 e. The summed E-state index contributed by atoms with van der Waals surface area (Å²) >= 11 is 0. The van der Waals surface area contributed by atoms with Gasteiger partial charge < -0.3 is 15.5 Å². The summed E-state index contributed by atoms with van der Waals surface area (Å²) < 4.78 is 1.64. The molecule has 2 aromatic heterocycles. The lowest BCUT2D eigenvalue weighted by atomic mass is 9.88. The van der Waals surface area contributed by atoms with Crippen LogP contribution in [0.3, 0.4) is 0 Å². The van der Waals surface area contributed by atoms with Crippen molar-refractivity contribution in [3.05, 3.63) is 100 Å². The average Bonchev–Trinajstić information content (AvgIpc) is 3.87. The first-order valence-corrected chi connectivity index (χ1v) is 18.2. The van der Waals surface area contributed by atoms with Gasteiger partial charge in [0.05, 0.1) is 28.7 Å². The number of likely N-dealkylation sites (tertiary alicyclic amines) is 1. The topological polar surface area (TPSA) is 177 Å². The van der Waals surface area contributed by atoms with E-state index in [1.165, 1.54) is 11.8 Å². The number of nitrogens with two attached hydrogens (primary N) is 1. The van der Waals surface area contributed by atoms with Crippen LogP contribution in [0.2, 0.25) is 0 Å². The van der Waals surface area contributed by atoms with Crippen molar-refractivity contribution in [2.75, 3.05) is 37.6 Å². The van der Waals surface area contributed by atoms with E-state index >= 15 is 0 Å². The van der Waals surface area contributed by atoms with E-state index in [2.05, 4.69) is 54.4 Å². The largest absolute Gasteiger partial charge is 0.371 e. The molecule has 1 unspecified atom stereocenters. The van der Waals surface area contributed by atoms with Crippen molar-refractivity contribution < 1.29 is 24.0 Å². The van der Waals surface area contributed by atoms with E-state index < -0.39 is 29.7 Å². The van der Waals surface area contributed by atoms with Gasteiger partial charge in [-0.15, -0.1) is 0 Å². The number of nitrogens with one attached hydrogen (secondary N) is 1. The maximum Gasteiger partial charge on any atom is 0.269 e. The number of nitrogens with zero attached hydrogens (tertiary/aromatic N) is 7. The van der Waals surface area contributed by atoms with Gasteiger partial charge in [-0.2, -0.15) is 5.10 Å². The molecule has 0 saturated carbocycles. The standard InChI is InChI=1S/C39H41N9O5/c1-23-10-17-47(44-23)33-20-41-35(36(40)50)31(42-33)18-24-2-4-26(5-3-24)27-12-14-45(15-13-27)21-25-11-16-46(22-25)28-6-7-29-30(19-28)39(53)48(38(29)52)32-8-9-34(49)43-37(32)51/h2-7,10,17,19-20,25,27,32H,8-9,11-16,18,21-22H2,1H3,(H2,40,50)(H,43,49,51)/t25-,32?/m1/s1. The zero-order valence-corrected chi connectivity index (χ0v) is 29.5. The van der Waals surface area contributed by atoms with E-state index in [1.807, 2.05) is 25.3 Å². The fourth-order valence-electron chi connectivity index (χ4n) is 8.19. The van der Waals surface area contributed by atoms with E-state index in [1.54, 1.807) is 16.8 Å². The molecule has 0 aliphatic carbocycles. The molecule has 3 saturated heterocycles. The molecule has 0 bridgehead atoms. The van der Waals surface area contributed by atoms with Gasteiger partial charge in [0, 0.05) is 44.4 Å². The van der Waals surface area contributed by atoms with Crippen LogP contribution in [0.1, 0.15) is 91.7 Å². The van der Waals surface area contributed by atoms with Gasteiger partial charge >= 0.3 is 0 Å². The van der Waals surface area contributed by atoms with Crippen LogP contribution in [-0.2, 0) is 16.0 Å². The van der Waals surface area contributed by atoms with Gasteiger partial charge in [-0.1, -0.05) is 24.3 Å². The molecule has 53 heavy (non-hydrogen) atoms. The van der Waals surface area contributed by atoms with Crippen molar-refractivity contribution in [1.82, 2.24) is 34.9 Å². The molecule has 0 radical (unpaired) electrons. The van der Waals surface area contributed by atoms with Crippen molar-refractivity contribution in [1.29, 1.82) is 0 Å². The number of benzene rings is 2. The second kappa shape index (κ2) is 14.0. The van der Waals surface area contributed by atoms with Crippen LogP contribution in [0.15, 0.2) is 60.9 Å². The fourth-order valence-corrected chi connectivity index (χ4v) is 8.19. The number of aryl methyl sites for hydroxylation is 1. The van der Waals surface area contributed by atoms with E-state index in [4.69, 9.17) is 5.73 Å². The number of carbonyl (C=O) groups excluding carboxylic acids is 5. The van der Waals surface area contributed by atoms with Gasteiger partial charge in [0.1, 0.15) is 11.7 Å². The minimum atomic E-state index is -0.969. The Kier molecular flexibility index (Phi) is 9.06. The van der Waals surface area contributed by atoms with Gasteiger partial charge in [0.15, 0.2) is 5.82 Å². The zero-order chi connectivity index (χ0) is 36.8. The van der Waals surface area contributed by atoms with E-state index in [0.29, 0.717) is 40.9 Å². The molecule has 3 fully saturated rings. The lowest BCUT2D eigenvalue weighted by molar-refractivity contribution is -0.136. The smallest absolute Gasteiger partial charge is 0.269 e. The Morgan fingerprint density at radius 1 is 0.925 bits per heavy atom. The zero-order valence-electron chi connectivity index (χ0n) is 29.5. The molecular formula is C39H41N9O5. The number of piperidine rings is 2. The minimum absolute atomic E-state index is 0.0944. The van der Waals surface area contributed by atoms with Gasteiger partial charge in [-0.3, -0.25) is 34.2 Å². The van der Waals surface area contributed by atoms with Crippen LogP contribution in [0.5, 0.6) is 0 Å². The Balaban J connectivity index is 0.842. The average molecular weight is 716 g/mol. The van der Waals surface area contributed by atoms with Crippen LogP contribution in [-0.4, -0.2) is 97.8 Å². The summed E-state index contributed by atoms with van der Waals surface area (Å²) in [4.78, 5) is 77.4. The third kappa shape index (κ3) is 6.81. The molecule has 6 heterocycles. The molecule has 4 aliphatic rings. The number of hydrogen-bond donors (Lipinski definition) is 2. The molecule has 0 spiro atoms. The maximum absolute atomic E-state index is 13.3. The second-order valence-corrected chi connectivity index (χ2v) is 14.6. The Morgan fingerprint density at radius 3 is 2.42 bits per heavy atom. The number of aromatic nitrogens is 4. The number of rotatable bonds is 9. The van der Waals surface area contributed by atoms with Crippen LogP contribution < -0.4 is 16.0 Å². The van der Waals surface area contributed by atoms with E-state index in [-0.39, 0.29) is 24.4 Å². The van der Waals surface area contributed by atoms with Crippen molar-refractivity contribution in [2.45, 2.75) is 57.4 Å². The molecule has 4 aliphatic heterocycles.